The first kappa shape index (κ1) is 25.9. The number of anilines is 1. The quantitative estimate of drug-likeness (QED) is 0.215. The number of methoxy groups -OCH3 is 3. The number of furan rings is 1. The maximum atomic E-state index is 13.5. The Balaban J connectivity index is 1.16. The molecule has 11 heteroatoms. The van der Waals surface area contributed by atoms with Crippen molar-refractivity contribution in [1.29, 1.82) is 0 Å². The maximum Gasteiger partial charge on any atom is 0.294 e. The second-order valence-electron chi connectivity index (χ2n) is 9.73. The highest BCUT2D eigenvalue weighted by atomic mass is 32.1. The maximum absolute atomic E-state index is 13.5. The van der Waals surface area contributed by atoms with Crippen LogP contribution in [0.5, 0.6) is 22.4 Å². The summed E-state index contributed by atoms with van der Waals surface area (Å²) in [6, 6.07) is 19.0. The molecule has 4 heterocycles. The zero-order chi connectivity index (χ0) is 28.8. The summed E-state index contributed by atoms with van der Waals surface area (Å²) in [5.41, 5.74) is 4.74. The van der Waals surface area contributed by atoms with Gasteiger partial charge in [-0.05, 0) is 53.1 Å². The fourth-order valence-corrected chi connectivity index (χ4v) is 5.88. The van der Waals surface area contributed by atoms with E-state index in [4.69, 9.17) is 23.4 Å². The van der Waals surface area contributed by atoms with Crippen LogP contribution in [0.1, 0.15) is 21.5 Å². The Bertz CT molecular complexity index is 1930. The highest BCUT2D eigenvalue weighted by Crippen LogP contribution is 2.38. The minimum Gasteiger partial charge on any atom is -0.496 e. The first-order valence-corrected chi connectivity index (χ1v) is 14.1. The van der Waals surface area contributed by atoms with Crippen molar-refractivity contribution in [1.82, 2.24) is 14.6 Å². The van der Waals surface area contributed by atoms with Crippen molar-refractivity contribution in [2.45, 2.75) is 13.0 Å². The van der Waals surface area contributed by atoms with Gasteiger partial charge >= 0.3 is 0 Å². The molecule has 7 rings (SSSR count). The number of benzene rings is 3. The molecular weight excluding hydrogens is 556 g/mol. The minimum absolute atomic E-state index is 0.0857. The second kappa shape index (κ2) is 10.4. The van der Waals surface area contributed by atoms with Crippen LogP contribution in [0.25, 0.3) is 27.4 Å². The highest BCUT2D eigenvalue weighted by molar-refractivity contribution is 7.18. The number of ether oxygens (including phenoxy) is 4. The normalized spacial score (nSPS) is 12.6. The molecule has 0 bridgehead atoms. The lowest BCUT2D eigenvalue weighted by Gasteiger charge is -2.19. The summed E-state index contributed by atoms with van der Waals surface area (Å²) in [7, 11) is 4.75. The number of carbonyl (C=O) groups is 1. The number of hydrogen-bond acceptors (Lipinski definition) is 9. The SMILES string of the molecule is COc1cc(OCc2ccc3c(c2)N(C(=O)c2ccccc2OC)CC3)c2cc(-c3cn4nc(OC)sc4n3)oc2c1. The predicted octanol–water partition coefficient (Wildman–Crippen LogP) is 6.01. The summed E-state index contributed by atoms with van der Waals surface area (Å²) < 4.78 is 30.3. The van der Waals surface area contributed by atoms with Crippen molar-refractivity contribution in [2.24, 2.45) is 0 Å². The molecule has 212 valence electrons. The van der Waals surface area contributed by atoms with Crippen LogP contribution in [0.3, 0.4) is 0 Å². The van der Waals surface area contributed by atoms with Crippen molar-refractivity contribution in [3.8, 4) is 33.9 Å². The van der Waals surface area contributed by atoms with Gasteiger partial charge in [-0.3, -0.25) is 4.79 Å². The molecule has 0 radical (unpaired) electrons. The van der Waals surface area contributed by atoms with Crippen LogP contribution < -0.4 is 23.8 Å². The van der Waals surface area contributed by atoms with Crippen LogP contribution in [0.2, 0.25) is 0 Å². The van der Waals surface area contributed by atoms with E-state index in [1.54, 1.807) is 44.2 Å². The lowest BCUT2D eigenvalue weighted by Crippen LogP contribution is -2.29. The summed E-state index contributed by atoms with van der Waals surface area (Å²) >= 11 is 1.35. The first-order valence-electron chi connectivity index (χ1n) is 13.3. The summed E-state index contributed by atoms with van der Waals surface area (Å²) in [4.78, 5) is 20.6. The van der Waals surface area contributed by atoms with E-state index in [2.05, 4.69) is 16.1 Å². The lowest BCUT2D eigenvalue weighted by atomic mass is 10.1. The number of aromatic nitrogens is 3. The van der Waals surface area contributed by atoms with Gasteiger partial charge in [0.2, 0.25) is 4.96 Å². The molecule has 0 saturated heterocycles. The van der Waals surface area contributed by atoms with Crippen LogP contribution in [0, 0.1) is 0 Å². The number of imidazole rings is 1. The molecule has 0 fully saturated rings. The van der Waals surface area contributed by atoms with Gasteiger partial charge in [0, 0.05) is 24.4 Å². The van der Waals surface area contributed by atoms with E-state index in [0.29, 0.717) is 56.5 Å². The molecule has 3 aromatic carbocycles. The molecule has 3 aromatic heterocycles. The smallest absolute Gasteiger partial charge is 0.294 e. The van der Waals surface area contributed by atoms with Crippen molar-refractivity contribution < 1.29 is 28.2 Å². The Labute approximate surface area is 244 Å². The van der Waals surface area contributed by atoms with Gasteiger partial charge in [-0.1, -0.05) is 24.3 Å². The highest BCUT2D eigenvalue weighted by Gasteiger charge is 2.27. The molecule has 0 spiro atoms. The van der Waals surface area contributed by atoms with E-state index in [9.17, 15) is 4.79 Å². The Morgan fingerprint density at radius 3 is 2.69 bits per heavy atom. The molecule has 6 aromatic rings. The molecule has 0 atom stereocenters. The van der Waals surface area contributed by atoms with Crippen molar-refractivity contribution >= 4 is 38.9 Å². The first-order chi connectivity index (χ1) is 20.5. The summed E-state index contributed by atoms with van der Waals surface area (Å²) in [5, 5.41) is 5.67. The number of amides is 1. The molecule has 0 unspecified atom stereocenters. The topological polar surface area (TPSA) is 101 Å². The molecule has 1 amide bonds. The molecule has 10 nitrogen and oxygen atoms in total. The van der Waals surface area contributed by atoms with E-state index < -0.39 is 0 Å². The average Bonchev–Trinajstić information content (AvgIpc) is 3.80. The number of para-hydroxylation sites is 1. The van der Waals surface area contributed by atoms with Gasteiger partial charge in [0.1, 0.15) is 35.1 Å². The van der Waals surface area contributed by atoms with Gasteiger partial charge in [0.05, 0.1) is 38.5 Å². The molecule has 0 aliphatic carbocycles. The minimum atomic E-state index is -0.0857. The van der Waals surface area contributed by atoms with Crippen LogP contribution >= 0.6 is 11.3 Å². The van der Waals surface area contributed by atoms with Crippen LogP contribution in [0.15, 0.2) is 71.3 Å². The van der Waals surface area contributed by atoms with E-state index in [-0.39, 0.29) is 12.5 Å². The van der Waals surface area contributed by atoms with E-state index in [0.717, 1.165) is 28.6 Å². The lowest BCUT2D eigenvalue weighted by molar-refractivity contribution is 0.0986. The number of fused-ring (bicyclic) bond motifs is 3. The average molecular weight is 583 g/mol. The largest absolute Gasteiger partial charge is 0.496 e. The Hall–Kier alpha value is -5.03. The third-order valence-electron chi connectivity index (χ3n) is 7.28. The fraction of sp³-hybridized carbons (Fsp3) is 0.194. The predicted molar refractivity (Wildman–Crippen MR) is 158 cm³/mol. The molecular formula is C31H26N4O6S. The van der Waals surface area contributed by atoms with Crippen molar-refractivity contribution in [3.05, 3.63) is 83.6 Å². The van der Waals surface area contributed by atoms with Gasteiger partial charge < -0.3 is 28.3 Å². The van der Waals surface area contributed by atoms with Crippen LogP contribution in [-0.2, 0) is 13.0 Å². The Kier molecular flexibility index (Phi) is 6.43. The van der Waals surface area contributed by atoms with Gasteiger partial charge in [0.15, 0.2) is 5.76 Å². The Morgan fingerprint density at radius 2 is 1.88 bits per heavy atom. The van der Waals surface area contributed by atoms with Crippen molar-refractivity contribution in [2.75, 3.05) is 32.8 Å². The van der Waals surface area contributed by atoms with Crippen LogP contribution in [0.4, 0.5) is 5.69 Å². The number of carbonyl (C=O) groups excluding carboxylic acids is 1. The third kappa shape index (κ3) is 4.47. The monoisotopic (exact) mass is 582 g/mol. The second-order valence-corrected chi connectivity index (χ2v) is 10.7. The van der Waals surface area contributed by atoms with Gasteiger partial charge in [-0.2, -0.15) is 0 Å². The number of nitrogens with zero attached hydrogens (tertiary/aromatic N) is 4. The third-order valence-corrected chi connectivity index (χ3v) is 8.17. The zero-order valence-corrected chi connectivity index (χ0v) is 23.9. The molecule has 1 aliphatic rings. The Morgan fingerprint density at radius 1 is 1.00 bits per heavy atom. The summed E-state index contributed by atoms with van der Waals surface area (Å²) in [5.74, 6) is 2.28. The van der Waals surface area contributed by atoms with Gasteiger partial charge in [-0.25, -0.2) is 9.50 Å². The molecule has 0 saturated carbocycles. The van der Waals surface area contributed by atoms with E-state index in [1.807, 2.05) is 47.4 Å². The van der Waals surface area contributed by atoms with E-state index in [1.165, 1.54) is 11.3 Å². The van der Waals surface area contributed by atoms with Crippen molar-refractivity contribution in [3.63, 3.8) is 0 Å². The number of rotatable bonds is 8. The van der Waals surface area contributed by atoms with Crippen LogP contribution in [-0.4, -0.2) is 48.4 Å². The molecule has 0 N–H and O–H groups in total. The van der Waals surface area contributed by atoms with Gasteiger partial charge in [-0.15, -0.1) is 5.10 Å². The fourth-order valence-electron chi connectivity index (χ4n) is 5.18. The zero-order valence-electron chi connectivity index (χ0n) is 23.1. The molecule has 1 aliphatic heterocycles. The molecule has 42 heavy (non-hydrogen) atoms. The summed E-state index contributed by atoms with van der Waals surface area (Å²) in [6.45, 7) is 0.898. The summed E-state index contributed by atoms with van der Waals surface area (Å²) in [6.07, 6.45) is 2.59. The standard InChI is InChI=1S/C31H26N4O6S/c1-37-20-13-26(22-15-28(41-27(22)14-20)23-16-35-30(32-23)42-31(33-35)39-3)40-17-18-8-9-19-10-11-34(24(19)12-18)29(36)21-6-4-5-7-25(21)38-2/h4-9,12-16H,10-11,17H2,1-3H3. The van der Waals surface area contributed by atoms with Gasteiger partial charge in [0.25, 0.3) is 11.1 Å². The number of hydrogen-bond donors (Lipinski definition) is 0. The van der Waals surface area contributed by atoms with E-state index >= 15 is 0 Å².